The van der Waals surface area contributed by atoms with Crippen LogP contribution in [-0.2, 0) is 24.0 Å². The molecule has 4 atom stereocenters. The van der Waals surface area contributed by atoms with Crippen molar-refractivity contribution in [3.05, 3.63) is 0 Å². The fraction of sp³-hybridized carbons (Fsp3) is 0.667. The minimum Gasteiger partial charge on any atom is -0.480 e. The van der Waals surface area contributed by atoms with Crippen LogP contribution in [0.2, 0.25) is 0 Å². The summed E-state index contributed by atoms with van der Waals surface area (Å²) in [6.45, 7) is 3.32. The number of amides is 4. The molecule has 14 heteroatoms. The van der Waals surface area contributed by atoms with Gasteiger partial charge in [-0.3, -0.25) is 24.2 Å². The Hall–Kier alpha value is -3.42. The van der Waals surface area contributed by atoms with Gasteiger partial charge in [-0.25, -0.2) is 4.79 Å². The number of primary amides is 1. The number of hydrogen-bond acceptors (Lipinski definition) is 7. The Bertz CT molecular complexity index is 710. The second-order valence-electron chi connectivity index (χ2n) is 7.27. The van der Waals surface area contributed by atoms with Gasteiger partial charge in [0, 0.05) is 6.54 Å². The summed E-state index contributed by atoms with van der Waals surface area (Å²) in [6.07, 6.45) is 0.641. The fourth-order valence-electron chi connectivity index (χ4n) is 2.54. The first-order valence-corrected chi connectivity index (χ1v) is 10.1. The van der Waals surface area contributed by atoms with E-state index in [-0.39, 0.29) is 11.9 Å². The number of hydrogen-bond donors (Lipinski definition) is 8. The molecule has 0 aromatic heterocycles. The largest absolute Gasteiger partial charge is 0.480 e. The lowest BCUT2D eigenvalue weighted by Gasteiger charge is -2.25. The molecule has 4 unspecified atom stereocenters. The molecule has 0 aliphatic carbocycles. The summed E-state index contributed by atoms with van der Waals surface area (Å²) in [5.41, 5.74) is 21.2. The molecule has 12 N–H and O–H groups in total. The number of guanidine groups is 1. The molecule has 0 spiro atoms. The maximum atomic E-state index is 12.5. The van der Waals surface area contributed by atoms with Crippen LogP contribution in [0.3, 0.4) is 0 Å². The Kier molecular flexibility index (Phi) is 13.0. The zero-order chi connectivity index (χ0) is 24.8. The molecule has 0 aromatic rings. The molecule has 0 radical (unpaired) electrons. The predicted octanol–water partition coefficient (Wildman–Crippen LogP) is -3.54. The van der Waals surface area contributed by atoms with Gasteiger partial charge < -0.3 is 44.0 Å². The van der Waals surface area contributed by atoms with Gasteiger partial charge in [-0.05, 0) is 18.8 Å². The van der Waals surface area contributed by atoms with Gasteiger partial charge in [0.05, 0.1) is 19.0 Å². The molecule has 0 heterocycles. The van der Waals surface area contributed by atoms with Crippen molar-refractivity contribution in [1.29, 1.82) is 0 Å². The summed E-state index contributed by atoms with van der Waals surface area (Å²) >= 11 is 0. The van der Waals surface area contributed by atoms with Gasteiger partial charge >= 0.3 is 5.97 Å². The Labute approximate surface area is 185 Å². The third kappa shape index (κ3) is 11.7. The van der Waals surface area contributed by atoms with Crippen LogP contribution in [0.1, 0.15) is 39.5 Å². The number of nitrogens with zero attached hydrogens (tertiary/aromatic N) is 1. The Morgan fingerprint density at radius 3 is 2.16 bits per heavy atom. The van der Waals surface area contributed by atoms with Crippen molar-refractivity contribution in [2.45, 2.75) is 57.7 Å². The Balaban J connectivity index is 4.83. The molecule has 0 saturated heterocycles. The van der Waals surface area contributed by atoms with Crippen LogP contribution in [0.5, 0.6) is 0 Å². The molecule has 0 aliphatic heterocycles. The third-order valence-corrected chi connectivity index (χ3v) is 4.56. The number of carbonyl (C=O) groups is 5. The molecule has 0 aromatic carbocycles. The molecule has 14 nitrogen and oxygen atoms in total. The molecule has 32 heavy (non-hydrogen) atoms. The Morgan fingerprint density at radius 1 is 1.03 bits per heavy atom. The maximum absolute atomic E-state index is 12.5. The maximum Gasteiger partial charge on any atom is 0.326 e. The number of aliphatic imine (C=N–C) groups is 1. The molecule has 182 valence electrons. The van der Waals surface area contributed by atoms with Crippen molar-refractivity contribution in [3.8, 4) is 0 Å². The van der Waals surface area contributed by atoms with Crippen LogP contribution in [0.4, 0.5) is 0 Å². The van der Waals surface area contributed by atoms with Gasteiger partial charge in [0.25, 0.3) is 0 Å². The first-order valence-electron chi connectivity index (χ1n) is 10.1. The van der Waals surface area contributed by atoms with E-state index in [0.717, 1.165) is 0 Å². The van der Waals surface area contributed by atoms with Crippen LogP contribution < -0.4 is 38.9 Å². The average molecular weight is 459 g/mol. The standard InChI is InChI=1S/C18H34N8O6/c1-3-9(2)14(16(30)25-11(17(31)32)7-12(20)27)26-13(28)8-24-15(29)10(19)5-4-6-23-18(21)22/h9-11,14H,3-8,19H2,1-2H3,(H2,20,27)(H,24,29)(H,25,30)(H,26,28)(H,31,32)(H4,21,22,23). The minimum absolute atomic E-state index is 0.0658. The first-order chi connectivity index (χ1) is 14.9. The van der Waals surface area contributed by atoms with E-state index in [1.807, 2.05) is 0 Å². The van der Waals surface area contributed by atoms with E-state index in [2.05, 4.69) is 20.9 Å². The average Bonchev–Trinajstić information content (AvgIpc) is 2.71. The lowest BCUT2D eigenvalue weighted by molar-refractivity contribution is -0.144. The quantitative estimate of drug-likeness (QED) is 0.0685. The van der Waals surface area contributed by atoms with E-state index in [1.165, 1.54) is 0 Å². The summed E-state index contributed by atoms with van der Waals surface area (Å²) in [5, 5.41) is 16.2. The molecule has 0 fully saturated rings. The van der Waals surface area contributed by atoms with Gasteiger partial charge in [-0.1, -0.05) is 20.3 Å². The molecule has 0 aliphatic rings. The van der Waals surface area contributed by atoms with E-state index in [0.29, 0.717) is 25.8 Å². The first kappa shape index (κ1) is 28.6. The number of carbonyl (C=O) groups excluding carboxylic acids is 4. The van der Waals surface area contributed by atoms with Crippen molar-refractivity contribution in [3.63, 3.8) is 0 Å². The highest BCUT2D eigenvalue weighted by molar-refractivity contribution is 5.93. The van der Waals surface area contributed by atoms with Crippen molar-refractivity contribution in [2.75, 3.05) is 13.1 Å². The van der Waals surface area contributed by atoms with E-state index < -0.39 is 60.7 Å². The van der Waals surface area contributed by atoms with Gasteiger partial charge in [0.2, 0.25) is 23.6 Å². The zero-order valence-electron chi connectivity index (χ0n) is 18.3. The molecule has 0 saturated carbocycles. The molecular formula is C18H34N8O6. The SMILES string of the molecule is CCC(C)C(NC(=O)CNC(=O)C(N)CCCN=C(N)N)C(=O)NC(CC(N)=O)C(=O)O. The van der Waals surface area contributed by atoms with Crippen molar-refractivity contribution >= 4 is 35.6 Å². The second-order valence-corrected chi connectivity index (χ2v) is 7.27. The number of carboxylic acids is 1. The number of rotatable bonds is 15. The minimum atomic E-state index is -1.53. The molecule has 0 rings (SSSR count). The number of carboxylic acid groups (broad SMARTS) is 1. The van der Waals surface area contributed by atoms with E-state index in [1.54, 1.807) is 13.8 Å². The lowest BCUT2D eigenvalue weighted by atomic mass is 9.97. The summed E-state index contributed by atoms with van der Waals surface area (Å²) in [7, 11) is 0. The highest BCUT2D eigenvalue weighted by atomic mass is 16.4. The number of aliphatic carboxylic acids is 1. The van der Waals surface area contributed by atoms with Crippen molar-refractivity contribution in [1.82, 2.24) is 16.0 Å². The van der Waals surface area contributed by atoms with Crippen LogP contribution in [0.25, 0.3) is 0 Å². The van der Waals surface area contributed by atoms with Gasteiger partial charge in [-0.15, -0.1) is 0 Å². The van der Waals surface area contributed by atoms with Crippen LogP contribution in [0.15, 0.2) is 4.99 Å². The highest BCUT2D eigenvalue weighted by Crippen LogP contribution is 2.09. The fourth-order valence-corrected chi connectivity index (χ4v) is 2.54. The summed E-state index contributed by atoms with van der Waals surface area (Å²) < 4.78 is 0. The van der Waals surface area contributed by atoms with E-state index in [4.69, 9.17) is 28.0 Å². The zero-order valence-corrected chi connectivity index (χ0v) is 18.3. The van der Waals surface area contributed by atoms with Crippen LogP contribution in [-0.4, -0.2) is 71.9 Å². The summed E-state index contributed by atoms with van der Waals surface area (Å²) in [5.74, 6) is -4.80. The van der Waals surface area contributed by atoms with Crippen molar-refractivity contribution in [2.24, 2.45) is 33.8 Å². The second kappa shape index (κ2) is 14.6. The highest BCUT2D eigenvalue weighted by Gasteiger charge is 2.30. The predicted molar refractivity (Wildman–Crippen MR) is 116 cm³/mol. The van der Waals surface area contributed by atoms with E-state index in [9.17, 15) is 24.0 Å². The molecule has 4 amide bonds. The number of nitrogens with one attached hydrogen (secondary N) is 3. The normalized spacial score (nSPS) is 14.2. The summed E-state index contributed by atoms with van der Waals surface area (Å²) in [6, 6.07) is -3.50. The molecule has 0 bridgehead atoms. The smallest absolute Gasteiger partial charge is 0.326 e. The van der Waals surface area contributed by atoms with Crippen LogP contribution >= 0.6 is 0 Å². The molecular weight excluding hydrogens is 424 g/mol. The topological polar surface area (TPSA) is 258 Å². The van der Waals surface area contributed by atoms with Crippen molar-refractivity contribution < 1.29 is 29.1 Å². The Morgan fingerprint density at radius 2 is 1.66 bits per heavy atom. The van der Waals surface area contributed by atoms with Gasteiger partial charge in [0.1, 0.15) is 12.1 Å². The summed E-state index contributed by atoms with van der Waals surface area (Å²) in [4.78, 5) is 62.8. The van der Waals surface area contributed by atoms with Gasteiger partial charge in [-0.2, -0.15) is 0 Å². The van der Waals surface area contributed by atoms with Crippen LogP contribution in [0, 0.1) is 5.92 Å². The van der Waals surface area contributed by atoms with E-state index >= 15 is 0 Å². The van der Waals surface area contributed by atoms with Gasteiger partial charge in [0.15, 0.2) is 5.96 Å². The monoisotopic (exact) mass is 458 g/mol. The lowest BCUT2D eigenvalue weighted by Crippen LogP contribution is -2.56. The third-order valence-electron chi connectivity index (χ3n) is 4.56. The number of nitrogens with two attached hydrogens (primary N) is 4.